The fraction of sp³-hybridized carbons (Fsp3) is 0.435. The zero-order chi connectivity index (χ0) is 22.0. The minimum atomic E-state index is -3.16. The molecule has 3 N–H and O–H groups in total. The molecule has 31 heavy (non-hydrogen) atoms. The predicted molar refractivity (Wildman–Crippen MR) is 141 cm³/mol. The summed E-state index contributed by atoms with van der Waals surface area (Å²) in [6, 6.07) is 17.5. The van der Waals surface area contributed by atoms with Gasteiger partial charge in [0.2, 0.25) is 0 Å². The Morgan fingerprint density at radius 3 is 2.19 bits per heavy atom. The minimum absolute atomic E-state index is 0. The SMILES string of the molecule is CCNC(=NCC(Nc1ccccc1)C(C)C)NCCc1ccc(S(C)(=O)=O)cc1.I. The molecule has 2 rings (SSSR count). The maximum Gasteiger partial charge on any atom is 0.191 e. The van der Waals surface area contributed by atoms with Gasteiger partial charge < -0.3 is 16.0 Å². The number of aliphatic imine (C=N–C) groups is 1. The first-order chi connectivity index (χ1) is 14.3. The lowest BCUT2D eigenvalue weighted by Gasteiger charge is -2.22. The Bertz CT molecular complexity index is 901. The van der Waals surface area contributed by atoms with Crippen LogP contribution in [0.15, 0.2) is 64.5 Å². The van der Waals surface area contributed by atoms with Crippen LogP contribution in [-0.4, -0.2) is 46.3 Å². The number of hydrogen-bond acceptors (Lipinski definition) is 4. The largest absolute Gasteiger partial charge is 0.380 e. The maximum absolute atomic E-state index is 11.6. The molecule has 0 aliphatic carbocycles. The zero-order valence-electron chi connectivity index (χ0n) is 18.8. The number of sulfone groups is 1. The highest BCUT2D eigenvalue weighted by Gasteiger charge is 2.13. The third-order valence-corrected chi connectivity index (χ3v) is 5.91. The van der Waals surface area contributed by atoms with Crippen molar-refractivity contribution in [2.45, 2.75) is 38.1 Å². The highest BCUT2D eigenvalue weighted by atomic mass is 127. The molecule has 0 radical (unpaired) electrons. The van der Waals surface area contributed by atoms with Crippen molar-refractivity contribution in [2.24, 2.45) is 10.9 Å². The molecule has 8 heteroatoms. The van der Waals surface area contributed by atoms with Gasteiger partial charge in [0.15, 0.2) is 15.8 Å². The smallest absolute Gasteiger partial charge is 0.191 e. The van der Waals surface area contributed by atoms with Gasteiger partial charge in [-0.2, -0.15) is 0 Å². The van der Waals surface area contributed by atoms with E-state index in [2.05, 4.69) is 41.9 Å². The third-order valence-electron chi connectivity index (χ3n) is 4.78. The molecule has 0 saturated heterocycles. The number of hydrogen-bond donors (Lipinski definition) is 3. The Kier molecular flexibility index (Phi) is 11.9. The second-order valence-corrected chi connectivity index (χ2v) is 9.69. The molecule has 172 valence electrons. The molecule has 1 atom stereocenters. The van der Waals surface area contributed by atoms with Crippen molar-refractivity contribution >= 4 is 45.5 Å². The summed E-state index contributed by atoms with van der Waals surface area (Å²) in [7, 11) is -3.16. The van der Waals surface area contributed by atoms with Gasteiger partial charge in [-0.05, 0) is 49.1 Å². The van der Waals surface area contributed by atoms with Crippen LogP contribution < -0.4 is 16.0 Å². The molecule has 0 aromatic heterocycles. The zero-order valence-corrected chi connectivity index (χ0v) is 21.9. The third kappa shape index (κ3) is 9.90. The fourth-order valence-electron chi connectivity index (χ4n) is 2.93. The summed E-state index contributed by atoms with van der Waals surface area (Å²) < 4.78 is 23.1. The summed E-state index contributed by atoms with van der Waals surface area (Å²) >= 11 is 0. The van der Waals surface area contributed by atoms with Gasteiger partial charge >= 0.3 is 0 Å². The van der Waals surface area contributed by atoms with Gasteiger partial charge in [-0.25, -0.2) is 8.42 Å². The Morgan fingerprint density at radius 1 is 1.00 bits per heavy atom. The van der Waals surface area contributed by atoms with Crippen LogP contribution in [0.1, 0.15) is 26.3 Å². The van der Waals surface area contributed by atoms with Crippen LogP contribution in [0.5, 0.6) is 0 Å². The maximum atomic E-state index is 11.6. The van der Waals surface area contributed by atoms with E-state index in [0.717, 1.165) is 30.2 Å². The lowest BCUT2D eigenvalue weighted by molar-refractivity contribution is 0.530. The number of nitrogens with one attached hydrogen (secondary N) is 3. The van der Waals surface area contributed by atoms with E-state index in [9.17, 15) is 8.42 Å². The van der Waals surface area contributed by atoms with Crippen molar-refractivity contribution in [1.82, 2.24) is 10.6 Å². The van der Waals surface area contributed by atoms with Gasteiger partial charge in [0.1, 0.15) is 0 Å². The van der Waals surface area contributed by atoms with Crippen molar-refractivity contribution in [3.05, 3.63) is 60.2 Å². The summed E-state index contributed by atoms with van der Waals surface area (Å²) in [6.07, 6.45) is 2.00. The van der Waals surface area contributed by atoms with Crippen LogP contribution >= 0.6 is 24.0 Å². The average Bonchev–Trinajstić information content (AvgIpc) is 2.71. The van der Waals surface area contributed by atoms with Crippen LogP contribution in [0, 0.1) is 5.92 Å². The van der Waals surface area contributed by atoms with Gasteiger partial charge in [0.25, 0.3) is 0 Å². The van der Waals surface area contributed by atoms with E-state index in [1.165, 1.54) is 6.26 Å². The lowest BCUT2D eigenvalue weighted by Crippen LogP contribution is -2.40. The first-order valence-electron chi connectivity index (χ1n) is 10.4. The molecule has 0 spiro atoms. The second kappa shape index (κ2) is 13.6. The minimum Gasteiger partial charge on any atom is -0.380 e. The monoisotopic (exact) mass is 558 g/mol. The molecule has 0 aliphatic heterocycles. The van der Waals surface area contributed by atoms with E-state index in [1.54, 1.807) is 12.1 Å². The number of anilines is 1. The molecule has 0 aliphatic rings. The fourth-order valence-corrected chi connectivity index (χ4v) is 3.56. The van der Waals surface area contributed by atoms with Crippen molar-refractivity contribution in [2.75, 3.05) is 31.2 Å². The lowest BCUT2D eigenvalue weighted by atomic mass is 10.0. The van der Waals surface area contributed by atoms with Gasteiger partial charge in [-0.15, -0.1) is 24.0 Å². The van der Waals surface area contributed by atoms with Crippen molar-refractivity contribution in [3.8, 4) is 0 Å². The Hall–Kier alpha value is -1.81. The number of para-hydroxylation sites is 1. The summed E-state index contributed by atoms with van der Waals surface area (Å²) in [5, 5.41) is 10.2. The number of rotatable bonds is 10. The Morgan fingerprint density at radius 2 is 1.65 bits per heavy atom. The average molecular weight is 559 g/mol. The summed E-state index contributed by atoms with van der Waals surface area (Å²) in [6.45, 7) is 8.58. The summed E-state index contributed by atoms with van der Waals surface area (Å²) in [4.78, 5) is 5.11. The summed E-state index contributed by atoms with van der Waals surface area (Å²) in [5.41, 5.74) is 2.18. The topological polar surface area (TPSA) is 82.6 Å². The molecule has 6 nitrogen and oxygen atoms in total. The van der Waals surface area contributed by atoms with E-state index in [-0.39, 0.29) is 30.0 Å². The van der Waals surface area contributed by atoms with Gasteiger partial charge in [-0.1, -0.05) is 44.2 Å². The van der Waals surface area contributed by atoms with E-state index >= 15 is 0 Å². The number of benzene rings is 2. The van der Waals surface area contributed by atoms with Crippen molar-refractivity contribution < 1.29 is 8.42 Å². The Labute approximate surface area is 204 Å². The molecule has 0 bridgehead atoms. The quantitative estimate of drug-likeness (QED) is 0.234. The van der Waals surface area contributed by atoms with Crippen LogP contribution in [-0.2, 0) is 16.3 Å². The van der Waals surface area contributed by atoms with E-state index in [4.69, 9.17) is 4.99 Å². The first-order valence-corrected chi connectivity index (χ1v) is 12.3. The van der Waals surface area contributed by atoms with Crippen LogP contribution in [0.25, 0.3) is 0 Å². The van der Waals surface area contributed by atoms with Crippen LogP contribution in [0.4, 0.5) is 5.69 Å². The van der Waals surface area contributed by atoms with Crippen molar-refractivity contribution in [1.29, 1.82) is 0 Å². The molecule has 2 aromatic rings. The van der Waals surface area contributed by atoms with Crippen LogP contribution in [0.3, 0.4) is 0 Å². The molecule has 0 heterocycles. The molecule has 1 unspecified atom stereocenters. The second-order valence-electron chi connectivity index (χ2n) is 7.67. The van der Waals surface area contributed by atoms with Gasteiger partial charge in [0.05, 0.1) is 11.4 Å². The molecular formula is C23H35IN4O2S. The normalized spacial score (nSPS) is 12.7. The summed E-state index contributed by atoms with van der Waals surface area (Å²) in [5.74, 6) is 1.22. The molecule has 0 amide bonds. The Balaban J connectivity index is 0.00000480. The first kappa shape index (κ1) is 27.2. The number of nitrogens with zero attached hydrogens (tertiary/aromatic N) is 1. The van der Waals surface area contributed by atoms with E-state index in [0.29, 0.717) is 23.9 Å². The highest BCUT2D eigenvalue weighted by molar-refractivity contribution is 14.0. The van der Waals surface area contributed by atoms with Gasteiger partial charge in [0, 0.05) is 31.1 Å². The molecule has 0 fully saturated rings. The standard InChI is InChI=1S/C23H34N4O2S.HI/c1-5-24-23(25-16-15-19-11-13-21(14-12-19)30(4,28)29)26-17-22(18(2)3)27-20-9-7-6-8-10-20;/h6-14,18,22,27H,5,15-17H2,1-4H3,(H2,24,25,26);1H. The van der Waals surface area contributed by atoms with Crippen molar-refractivity contribution in [3.63, 3.8) is 0 Å². The number of halogens is 1. The van der Waals surface area contributed by atoms with Gasteiger partial charge in [-0.3, -0.25) is 4.99 Å². The molecule has 0 saturated carbocycles. The molecular weight excluding hydrogens is 523 g/mol. The van der Waals surface area contributed by atoms with E-state index < -0.39 is 9.84 Å². The van der Waals surface area contributed by atoms with Crippen LogP contribution in [0.2, 0.25) is 0 Å². The highest BCUT2D eigenvalue weighted by Crippen LogP contribution is 2.13. The van der Waals surface area contributed by atoms with E-state index in [1.807, 2.05) is 37.3 Å². The molecule has 2 aromatic carbocycles. The number of guanidine groups is 1. The predicted octanol–water partition coefficient (Wildman–Crippen LogP) is 3.94.